The first-order valence-electron chi connectivity index (χ1n) is 8.11. The highest BCUT2D eigenvalue weighted by Crippen LogP contribution is 2.31. The molecule has 0 saturated heterocycles. The molecule has 1 unspecified atom stereocenters. The largest absolute Gasteiger partial charge is 0.483 e. The van der Waals surface area contributed by atoms with E-state index in [4.69, 9.17) is 18.7 Å². The smallest absolute Gasteiger partial charge is 0.371 e. The number of carboxylic acid groups (broad SMARTS) is 1. The molecule has 1 aliphatic carbocycles. The number of fused-ring (bicyclic) bond motifs is 3. The van der Waals surface area contributed by atoms with Gasteiger partial charge in [0.2, 0.25) is 5.76 Å². The maximum atomic E-state index is 12.1. The van der Waals surface area contributed by atoms with Gasteiger partial charge in [-0.25, -0.2) is 9.59 Å². The quantitative estimate of drug-likeness (QED) is 0.728. The van der Waals surface area contributed by atoms with Crippen LogP contribution in [0.2, 0.25) is 0 Å². The Labute approximate surface area is 142 Å². The minimum Gasteiger partial charge on any atom is -0.483 e. The summed E-state index contributed by atoms with van der Waals surface area (Å²) in [7, 11) is 0. The Morgan fingerprint density at radius 3 is 2.72 bits per heavy atom. The van der Waals surface area contributed by atoms with Crippen LogP contribution in [0, 0.1) is 0 Å². The molecule has 6 heteroatoms. The first-order chi connectivity index (χ1) is 12.0. The lowest BCUT2D eigenvalue weighted by atomic mass is 10.1. The summed E-state index contributed by atoms with van der Waals surface area (Å²) in [5.74, 6) is -0.326. The van der Waals surface area contributed by atoms with Gasteiger partial charge in [-0.1, -0.05) is 0 Å². The molecule has 6 nitrogen and oxygen atoms in total. The van der Waals surface area contributed by atoms with Crippen molar-refractivity contribution in [2.75, 3.05) is 0 Å². The molecular weight excluding hydrogens is 324 g/mol. The van der Waals surface area contributed by atoms with Crippen molar-refractivity contribution in [3.8, 4) is 5.75 Å². The van der Waals surface area contributed by atoms with E-state index in [-0.39, 0.29) is 11.4 Å². The van der Waals surface area contributed by atoms with E-state index >= 15 is 0 Å². The topological polar surface area (TPSA) is 89.9 Å². The number of furan rings is 1. The van der Waals surface area contributed by atoms with E-state index < -0.39 is 12.1 Å². The molecule has 0 amide bonds. The van der Waals surface area contributed by atoms with Crippen LogP contribution < -0.4 is 10.4 Å². The maximum Gasteiger partial charge on any atom is 0.371 e. The Morgan fingerprint density at radius 2 is 1.96 bits per heavy atom. The molecule has 128 valence electrons. The Bertz CT molecular complexity index is 1030. The summed E-state index contributed by atoms with van der Waals surface area (Å²) in [4.78, 5) is 23.0. The summed E-state index contributed by atoms with van der Waals surface area (Å²) in [6, 6.07) is 8.36. The fraction of sp³-hybridized carbons (Fsp3) is 0.263. The molecule has 0 radical (unpaired) electrons. The van der Waals surface area contributed by atoms with Gasteiger partial charge >= 0.3 is 11.6 Å². The van der Waals surface area contributed by atoms with Crippen LogP contribution in [0.15, 0.2) is 44.0 Å². The molecule has 1 aromatic carbocycles. The first-order valence-corrected chi connectivity index (χ1v) is 8.11. The van der Waals surface area contributed by atoms with Gasteiger partial charge in [-0.05, 0) is 56.0 Å². The van der Waals surface area contributed by atoms with Crippen LogP contribution in [0.3, 0.4) is 0 Å². The van der Waals surface area contributed by atoms with Crippen molar-refractivity contribution in [3.63, 3.8) is 0 Å². The summed E-state index contributed by atoms with van der Waals surface area (Å²) >= 11 is 0. The zero-order valence-corrected chi connectivity index (χ0v) is 13.6. The second-order valence-electron chi connectivity index (χ2n) is 6.13. The van der Waals surface area contributed by atoms with Crippen LogP contribution in [0.25, 0.3) is 11.0 Å². The molecule has 2 heterocycles. The van der Waals surface area contributed by atoms with Gasteiger partial charge in [-0.15, -0.1) is 0 Å². The number of carbonyl (C=O) groups is 1. The van der Waals surface area contributed by atoms with E-state index in [0.29, 0.717) is 17.1 Å². The normalized spacial score (nSPS) is 14.4. The number of aromatic carboxylic acids is 1. The van der Waals surface area contributed by atoms with E-state index in [0.717, 1.165) is 35.8 Å². The molecule has 0 saturated carbocycles. The highest BCUT2D eigenvalue weighted by atomic mass is 16.5. The number of aryl methyl sites for hydroxylation is 1. The number of benzene rings is 1. The van der Waals surface area contributed by atoms with Crippen LogP contribution in [-0.2, 0) is 12.8 Å². The molecule has 1 aliphatic rings. The molecule has 4 rings (SSSR count). The van der Waals surface area contributed by atoms with Crippen molar-refractivity contribution in [2.45, 2.75) is 32.3 Å². The second-order valence-corrected chi connectivity index (χ2v) is 6.13. The monoisotopic (exact) mass is 340 g/mol. The van der Waals surface area contributed by atoms with Gasteiger partial charge in [0, 0.05) is 17.0 Å². The molecule has 25 heavy (non-hydrogen) atoms. The van der Waals surface area contributed by atoms with Crippen molar-refractivity contribution in [1.29, 1.82) is 0 Å². The van der Waals surface area contributed by atoms with Gasteiger partial charge in [-0.3, -0.25) is 0 Å². The Balaban J connectivity index is 1.64. The molecule has 1 atom stereocenters. The van der Waals surface area contributed by atoms with Gasteiger partial charge < -0.3 is 18.7 Å². The van der Waals surface area contributed by atoms with Gasteiger partial charge in [-0.2, -0.15) is 0 Å². The Hall–Kier alpha value is -3.02. The molecule has 3 aromatic rings. The van der Waals surface area contributed by atoms with Crippen molar-refractivity contribution in [1.82, 2.24) is 0 Å². The number of ether oxygens (including phenoxy) is 1. The van der Waals surface area contributed by atoms with E-state index in [1.54, 1.807) is 19.1 Å². The lowest BCUT2D eigenvalue weighted by Crippen LogP contribution is -2.07. The van der Waals surface area contributed by atoms with Crippen molar-refractivity contribution in [2.24, 2.45) is 0 Å². The Morgan fingerprint density at radius 1 is 1.16 bits per heavy atom. The third kappa shape index (κ3) is 2.69. The average molecular weight is 340 g/mol. The highest BCUT2D eigenvalue weighted by Gasteiger charge is 2.20. The minimum absolute atomic E-state index is 0.134. The van der Waals surface area contributed by atoms with Crippen LogP contribution in [0.1, 0.15) is 46.9 Å². The molecule has 0 fully saturated rings. The number of hydrogen-bond donors (Lipinski definition) is 1. The van der Waals surface area contributed by atoms with E-state index in [9.17, 15) is 9.59 Å². The van der Waals surface area contributed by atoms with E-state index in [2.05, 4.69) is 0 Å². The second kappa shape index (κ2) is 5.81. The van der Waals surface area contributed by atoms with E-state index in [1.807, 2.05) is 12.1 Å². The summed E-state index contributed by atoms with van der Waals surface area (Å²) < 4.78 is 16.5. The highest BCUT2D eigenvalue weighted by molar-refractivity contribution is 5.84. The molecule has 0 aliphatic heterocycles. The number of hydrogen-bond acceptors (Lipinski definition) is 5. The fourth-order valence-electron chi connectivity index (χ4n) is 3.29. The SMILES string of the molecule is CC(Oc1ccc2c3c(c(=O)oc2c1)CCC3)c1ccc(C(=O)O)o1. The molecule has 1 N–H and O–H groups in total. The van der Waals surface area contributed by atoms with Crippen LogP contribution in [0.4, 0.5) is 0 Å². The zero-order chi connectivity index (χ0) is 17.6. The lowest BCUT2D eigenvalue weighted by Gasteiger charge is -2.13. The predicted octanol–water partition coefficient (Wildman–Crippen LogP) is 3.71. The first kappa shape index (κ1) is 15.5. The van der Waals surface area contributed by atoms with Crippen LogP contribution >= 0.6 is 0 Å². The fourth-order valence-corrected chi connectivity index (χ4v) is 3.29. The number of rotatable bonds is 4. The lowest BCUT2D eigenvalue weighted by molar-refractivity contribution is 0.0655. The van der Waals surface area contributed by atoms with Gasteiger partial charge in [0.1, 0.15) is 17.1 Å². The van der Waals surface area contributed by atoms with Crippen molar-refractivity contribution in [3.05, 3.63) is 63.4 Å². The maximum absolute atomic E-state index is 12.1. The number of carboxylic acids is 1. The summed E-state index contributed by atoms with van der Waals surface area (Å²) in [5, 5.41) is 9.86. The van der Waals surface area contributed by atoms with Gasteiger partial charge in [0.05, 0.1) is 0 Å². The molecular formula is C19H16O6. The zero-order valence-electron chi connectivity index (χ0n) is 13.6. The van der Waals surface area contributed by atoms with Gasteiger partial charge in [0.25, 0.3) is 0 Å². The third-order valence-electron chi connectivity index (χ3n) is 4.50. The summed E-state index contributed by atoms with van der Waals surface area (Å²) in [5.41, 5.74) is 2.08. The van der Waals surface area contributed by atoms with E-state index in [1.165, 1.54) is 6.07 Å². The average Bonchev–Trinajstić information content (AvgIpc) is 3.25. The standard InChI is InChI=1S/C19H16O6/c1-10(15-7-8-16(24-15)18(20)21)23-11-5-6-13-12-3-2-4-14(12)19(22)25-17(13)9-11/h5-10H,2-4H2,1H3,(H,20,21). The summed E-state index contributed by atoms with van der Waals surface area (Å²) in [6.07, 6.45) is 2.15. The summed E-state index contributed by atoms with van der Waals surface area (Å²) in [6.45, 7) is 1.76. The molecule has 0 spiro atoms. The molecule has 2 aromatic heterocycles. The molecule has 0 bridgehead atoms. The third-order valence-corrected chi connectivity index (χ3v) is 4.50. The van der Waals surface area contributed by atoms with Gasteiger partial charge in [0.15, 0.2) is 6.10 Å². The predicted molar refractivity (Wildman–Crippen MR) is 89.2 cm³/mol. The minimum atomic E-state index is -1.13. The van der Waals surface area contributed by atoms with Crippen molar-refractivity contribution < 1.29 is 23.5 Å². The van der Waals surface area contributed by atoms with Crippen LogP contribution in [0.5, 0.6) is 5.75 Å². The van der Waals surface area contributed by atoms with Crippen LogP contribution in [-0.4, -0.2) is 11.1 Å². The van der Waals surface area contributed by atoms with Crippen molar-refractivity contribution >= 4 is 16.9 Å². The Kier molecular flexibility index (Phi) is 3.60.